The minimum absolute atomic E-state index is 0.307. The monoisotopic (exact) mass is 308 g/mol. The zero-order valence-electron chi connectivity index (χ0n) is 12.0. The van der Waals surface area contributed by atoms with Crippen LogP contribution in [0, 0.1) is 15.9 Å². The summed E-state index contributed by atoms with van der Waals surface area (Å²) >= 11 is 1.72. The van der Waals surface area contributed by atoms with E-state index in [0.29, 0.717) is 12.6 Å². The van der Waals surface area contributed by atoms with Crippen molar-refractivity contribution in [2.75, 3.05) is 7.05 Å². The van der Waals surface area contributed by atoms with Gasteiger partial charge in [-0.2, -0.15) is 4.39 Å². The van der Waals surface area contributed by atoms with E-state index in [1.54, 1.807) is 17.4 Å². The molecule has 0 aliphatic rings. The van der Waals surface area contributed by atoms with E-state index in [0.717, 1.165) is 12.0 Å². The molecular weight excluding hydrogens is 291 g/mol. The van der Waals surface area contributed by atoms with Gasteiger partial charge < -0.3 is 0 Å². The highest BCUT2D eigenvalue weighted by molar-refractivity contribution is 7.09. The zero-order chi connectivity index (χ0) is 15.4. The summed E-state index contributed by atoms with van der Waals surface area (Å²) in [5.74, 6) is -0.781. The minimum atomic E-state index is -0.781. The van der Waals surface area contributed by atoms with E-state index in [9.17, 15) is 14.5 Å². The van der Waals surface area contributed by atoms with Crippen LogP contribution in [-0.4, -0.2) is 22.9 Å². The summed E-state index contributed by atoms with van der Waals surface area (Å²) in [5.41, 5.74) is 0.256. The summed E-state index contributed by atoms with van der Waals surface area (Å²) < 4.78 is 13.6. The Balaban J connectivity index is 2.00. The van der Waals surface area contributed by atoms with Crippen molar-refractivity contribution in [3.05, 3.63) is 62.1 Å². The number of nitro benzene ring substituents is 1. The van der Waals surface area contributed by atoms with Crippen molar-refractivity contribution in [1.29, 1.82) is 0 Å². The number of benzene rings is 1. The fourth-order valence-corrected chi connectivity index (χ4v) is 2.94. The molecule has 0 bridgehead atoms. The standard InChI is InChI=1S/C15H17FN2O2S/c1-11(8-13-4-3-7-21-13)17(2)10-12-5-6-15(18(19)20)14(16)9-12/h3-7,9,11H,8,10H2,1-2H3. The van der Waals surface area contributed by atoms with E-state index < -0.39 is 16.4 Å². The Bertz CT molecular complexity index is 616. The molecule has 1 aromatic heterocycles. The predicted molar refractivity (Wildman–Crippen MR) is 82.0 cm³/mol. The molecule has 0 aliphatic heterocycles. The molecule has 0 fully saturated rings. The number of nitro groups is 1. The molecule has 1 unspecified atom stereocenters. The molecule has 1 atom stereocenters. The molecule has 0 N–H and O–H groups in total. The minimum Gasteiger partial charge on any atom is -0.299 e. The molecule has 0 saturated heterocycles. The highest BCUT2D eigenvalue weighted by Gasteiger charge is 2.16. The fraction of sp³-hybridized carbons (Fsp3) is 0.333. The highest BCUT2D eigenvalue weighted by Crippen LogP contribution is 2.20. The van der Waals surface area contributed by atoms with Crippen molar-refractivity contribution in [3.8, 4) is 0 Å². The van der Waals surface area contributed by atoms with Gasteiger partial charge in [0.1, 0.15) is 0 Å². The second-order valence-corrected chi connectivity index (χ2v) is 6.12. The van der Waals surface area contributed by atoms with Gasteiger partial charge in [0.05, 0.1) is 4.92 Å². The third-order valence-electron chi connectivity index (χ3n) is 3.47. The lowest BCUT2D eigenvalue weighted by Crippen LogP contribution is -2.30. The number of thiophene rings is 1. The van der Waals surface area contributed by atoms with Crippen LogP contribution in [0.2, 0.25) is 0 Å². The Kier molecular flexibility index (Phi) is 5.03. The van der Waals surface area contributed by atoms with Gasteiger partial charge in [-0.1, -0.05) is 12.1 Å². The molecule has 6 heteroatoms. The number of likely N-dealkylation sites (N-methyl/N-ethyl adjacent to an activating group) is 1. The van der Waals surface area contributed by atoms with Crippen molar-refractivity contribution in [2.24, 2.45) is 0 Å². The van der Waals surface area contributed by atoms with E-state index in [2.05, 4.69) is 17.9 Å². The number of hydrogen-bond donors (Lipinski definition) is 0. The lowest BCUT2D eigenvalue weighted by Gasteiger charge is -2.24. The van der Waals surface area contributed by atoms with E-state index in [1.807, 2.05) is 18.5 Å². The maximum Gasteiger partial charge on any atom is 0.304 e. The first-order chi connectivity index (χ1) is 9.97. The Morgan fingerprint density at radius 1 is 1.43 bits per heavy atom. The van der Waals surface area contributed by atoms with Gasteiger partial charge in [0.25, 0.3) is 0 Å². The van der Waals surface area contributed by atoms with Crippen LogP contribution in [0.3, 0.4) is 0 Å². The van der Waals surface area contributed by atoms with Crippen molar-refractivity contribution < 1.29 is 9.31 Å². The number of nitrogens with zero attached hydrogens (tertiary/aromatic N) is 2. The summed E-state index contributed by atoms with van der Waals surface area (Å²) in [5, 5.41) is 12.6. The summed E-state index contributed by atoms with van der Waals surface area (Å²) in [6.45, 7) is 2.67. The summed E-state index contributed by atoms with van der Waals surface area (Å²) in [4.78, 5) is 13.3. The molecule has 21 heavy (non-hydrogen) atoms. The fourth-order valence-electron chi connectivity index (χ4n) is 2.12. The molecule has 1 heterocycles. The van der Waals surface area contributed by atoms with Crippen LogP contribution >= 0.6 is 11.3 Å². The molecule has 0 spiro atoms. The molecular formula is C15H17FN2O2S. The van der Waals surface area contributed by atoms with Crippen molar-refractivity contribution >= 4 is 17.0 Å². The van der Waals surface area contributed by atoms with E-state index in [1.165, 1.54) is 17.0 Å². The first-order valence-corrected chi connectivity index (χ1v) is 7.50. The highest BCUT2D eigenvalue weighted by atomic mass is 32.1. The van der Waals surface area contributed by atoms with Crippen molar-refractivity contribution in [2.45, 2.75) is 25.9 Å². The largest absolute Gasteiger partial charge is 0.304 e. The van der Waals surface area contributed by atoms with Crippen LogP contribution in [0.15, 0.2) is 35.7 Å². The smallest absolute Gasteiger partial charge is 0.299 e. The first kappa shape index (κ1) is 15.6. The molecule has 1 aromatic carbocycles. The maximum absolute atomic E-state index is 13.6. The van der Waals surface area contributed by atoms with Crippen LogP contribution < -0.4 is 0 Å². The topological polar surface area (TPSA) is 46.4 Å². The normalized spacial score (nSPS) is 12.6. The van der Waals surface area contributed by atoms with Crippen molar-refractivity contribution in [1.82, 2.24) is 4.90 Å². The van der Waals surface area contributed by atoms with E-state index >= 15 is 0 Å². The first-order valence-electron chi connectivity index (χ1n) is 6.63. The van der Waals surface area contributed by atoms with E-state index in [-0.39, 0.29) is 0 Å². The summed E-state index contributed by atoms with van der Waals surface area (Å²) in [6, 6.07) is 8.51. The van der Waals surface area contributed by atoms with Gasteiger partial charge >= 0.3 is 5.69 Å². The summed E-state index contributed by atoms with van der Waals surface area (Å²) in [6.07, 6.45) is 0.934. The Labute approximate surface area is 127 Å². The molecule has 112 valence electrons. The average Bonchev–Trinajstić information content (AvgIpc) is 2.91. The molecule has 0 aliphatic carbocycles. The zero-order valence-corrected chi connectivity index (χ0v) is 12.8. The predicted octanol–water partition coefficient (Wildman–Crippen LogP) is 3.86. The summed E-state index contributed by atoms with van der Waals surface area (Å²) in [7, 11) is 1.97. The average molecular weight is 308 g/mol. The third-order valence-corrected chi connectivity index (χ3v) is 4.37. The van der Waals surface area contributed by atoms with Gasteiger partial charge in [0.15, 0.2) is 0 Å². The van der Waals surface area contributed by atoms with E-state index in [4.69, 9.17) is 0 Å². The lowest BCUT2D eigenvalue weighted by atomic mass is 10.1. The Morgan fingerprint density at radius 2 is 2.19 bits per heavy atom. The molecule has 0 radical (unpaired) electrons. The quantitative estimate of drug-likeness (QED) is 0.601. The Morgan fingerprint density at radius 3 is 2.76 bits per heavy atom. The van der Waals surface area contributed by atoms with Gasteiger partial charge in [-0.3, -0.25) is 15.0 Å². The van der Waals surface area contributed by atoms with Gasteiger partial charge in [-0.15, -0.1) is 11.3 Å². The molecule has 0 amide bonds. The van der Waals surface area contributed by atoms with Crippen LogP contribution in [0.1, 0.15) is 17.4 Å². The van der Waals surface area contributed by atoms with Crippen LogP contribution in [0.5, 0.6) is 0 Å². The molecule has 0 saturated carbocycles. The number of hydrogen-bond acceptors (Lipinski definition) is 4. The second-order valence-electron chi connectivity index (χ2n) is 5.09. The molecule has 2 aromatic rings. The van der Waals surface area contributed by atoms with Gasteiger partial charge in [0, 0.05) is 23.5 Å². The van der Waals surface area contributed by atoms with Crippen LogP contribution in [-0.2, 0) is 13.0 Å². The Hall–Kier alpha value is -1.79. The third kappa shape index (κ3) is 4.09. The number of halogens is 1. The van der Waals surface area contributed by atoms with Crippen LogP contribution in [0.25, 0.3) is 0 Å². The molecule has 4 nitrogen and oxygen atoms in total. The lowest BCUT2D eigenvalue weighted by molar-refractivity contribution is -0.387. The maximum atomic E-state index is 13.6. The van der Waals surface area contributed by atoms with Gasteiger partial charge in [0.2, 0.25) is 5.82 Å². The number of rotatable bonds is 6. The van der Waals surface area contributed by atoms with Crippen LogP contribution in [0.4, 0.5) is 10.1 Å². The van der Waals surface area contributed by atoms with Gasteiger partial charge in [-0.25, -0.2) is 0 Å². The SMILES string of the molecule is CC(Cc1cccs1)N(C)Cc1ccc([N+](=O)[O-])c(F)c1. The molecule has 2 rings (SSSR count). The second kappa shape index (κ2) is 6.78. The van der Waals surface area contributed by atoms with Gasteiger partial charge in [-0.05, 0) is 43.5 Å². The van der Waals surface area contributed by atoms with Crippen molar-refractivity contribution in [3.63, 3.8) is 0 Å².